The van der Waals surface area contributed by atoms with Crippen LogP contribution in [-0.4, -0.2) is 94.7 Å². The molecule has 2 aromatic carbocycles. The molecule has 3 aromatic rings. The van der Waals surface area contributed by atoms with Crippen molar-refractivity contribution in [3.05, 3.63) is 65.1 Å². The van der Waals surface area contributed by atoms with Crippen LogP contribution in [0.5, 0.6) is 6.01 Å². The average molecular weight is 634 g/mol. The van der Waals surface area contributed by atoms with Gasteiger partial charge < -0.3 is 29.4 Å². The van der Waals surface area contributed by atoms with Crippen LogP contribution in [0, 0.1) is 11.3 Å². The van der Waals surface area contributed by atoms with E-state index in [2.05, 4.69) is 17.5 Å². The molecule has 1 N–H and O–H groups in total. The molecule has 0 spiro atoms. The number of carbonyl (C=O) groups is 2. The standard InChI is InChI=1S/C32H33ClFN7O4/c1-19(34)31(44)41-14-13-40(16-21(41)9-11-35)30-22-10-12-39(25-8-4-6-20-5-3-7-23(33)29(20)25)17-24(22)36-32(37-30)45-18-26-27(42)15-28(43)38(26)2/h3-8,21,26-27,42H,1,9-10,12-18H2,2H3/t21-,26?,27+/m0/s1. The molecule has 45 heavy (non-hydrogen) atoms. The van der Waals surface area contributed by atoms with Gasteiger partial charge in [-0.3, -0.25) is 9.59 Å². The zero-order chi connectivity index (χ0) is 31.8. The van der Waals surface area contributed by atoms with Crippen molar-refractivity contribution < 1.29 is 23.8 Å². The minimum absolute atomic E-state index is 0.00221. The van der Waals surface area contributed by atoms with Crippen molar-refractivity contribution >= 4 is 45.7 Å². The minimum atomic E-state index is -1.06. The summed E-state index contributed by atoms with van der Waals surface area (Å²) in [7, 11) is 1.63. The molecule has 0 bridgehead atoms. The van der Waals surface area contributed by atoms with E-state index in [-0.39, 0.29) is 44.5 Å². The van der Waals surface area contributed by atoms with Crippen molar-refractivity contribution in [2.45, 2.75) is 44.0 Å². The number of fused-ring (bicyclic) bond motifs is 2. The highest BCUT2D eigenvalue weighted by Crippen LogP contribution is 2.37. The van der Waals surface area contributed by atoms with Crippen LogP contribution >= 0.6 is 11.6 Å². The molecule has 1 unspecified atom stereocenters. The summed E-state index contributed by atoms with van der Waals surface area (Å²) in [6.07, 6.45) is -0.221. The normalized spacial score (nSPS) is 21.6. The largest absolute Gasteiger partial charge is 0.461 e. The first kappa shape index (κ1) is 30.6. The van der Waals surface area contributed by atoms with Crippen molar-refractivity contribution in [2.75, 3.05) is 49.6 Å². The van der Waals surface area contributed by atoms with Gasteiger partial charge in [0.2, 0.25) is 5.91 Å². The zero-order valence-electron chi connectivity index (χ0n) is 24.8. The quantitative estimate of drug-likeness (QED) is 0.390. The molecule has 2 amide bonds. The van der Waals surface area contributed by atoms with Gasteiger partial charge in [-0.2, -0.15) is 15.2 Å². The Morgan fingerprint density at radius 1 is 1.20 bits per heavy atom. The van der Waals surface area contributed by atoms with E-state index in [9.17, 15) is 24.3 Å². The number of nitrogens with zero attached hydrogens (tertiary/aromatic N) is 7. The number of likely N-dealkylation sites (N-methyl/N-ethyl adjacent to an activating group) is 1. The molecule has 3 atom stereocenters. The van der Waals surface area contributed by atoms with Gasteiger partial charge in [-0.05, 0) is 23.9 Å². The maximum absolute atomic E-state index is 13.8. The molecule has 13 heteroatoms. The molecule has 2 saturated heterocycles. The number of piperazine rings is 1. The smallest absolute Gasteiger partial charge is 0.318 e. The predicted octanol–water partition coefficient (Wildman–Crippen LogP) is 3.23. The average Bonchev–Trinajstić information content (AvgIpc) is 3.28. The van der Waals surface area contributed by atoms with Crippen molar-refractivity contribution in [3.8, 4) is 12.1 Å². The summed E-state index contributed by atoms with van der Waals surface area (Å²) in [4.78, 5) is 41.2. The summed E-state index contributed by atoms with van der Waals surface area (Å²) >= 11 is 6.66. The number of hydrogen-bond acceptors (Lipinski definition) is 9. The van der Waals surface area contributed by atoms with Crippen LogP contribution < -0.4 is 14.5 Å². The number of aliphatic hydroxyl groups excluding tert-OH is 1. The highest BCUT2D eigenvalue weighted by Gasteiger charge is 2.38. The lowest BCUT2D eigenvalue weighted by molar-refractivity contribution is -0.131. The number of carbonyl (C=O) groups excluding carboxylic acids is 2. The van der Waals surface area contributed by atoms with Crippen LogP contribution in [0.4, 0.5) is 15.9 Å². The SMILES string of the molecule is C=C(F)C(=O)N1CCN(c2nc(OCC3[C@H](O)CC(=O)N3C)nc3c2CCN(c2cccc4cccc(Cl)c24)C3)C[C@@H]1CC#N. The third-order valence-electron chi connectivity index (χ3n) is 8.90. The topological polar surface area (TPSA) is 126 Å². The Balaban J connectivity index is 1.35. The van der Waals surface area contributed by atoms with Crippen molar-refractivity contribution in [2.24, 2.45) is 0 Å². The van der Waals surface area contributed by atoms with Gasteiger partial charge >= 0.3 is 6.01 Å². The number of nitriles is 1. The molecule has 0 saturated carbocycles. The van der Waals surface area contributed by atoms with Gasteiger partial charge in [0.05, 0.1) is 54.4 Å². The Labute approximate surface area is 265 Å². The number of benzene rings is 2. The fraction of sp³-hybridized carbons (Fsp3) is 0.406. The summed E-state index contributed by atoms with van der Waals surface area (Å²) in [6, 6.07) is 13.0. The molecule has 0 radical (unpaired) electrons. The van der Waals surface area contributed by atoms with Gasteiger partial charge in [0.1, 0.15) is 12.4 Å². The number of aliphatic hydroxyl groups is 1. The number of anilines is 2. The second-order valence-electron chi connectivity index (χ2n) is 11.6. The Kier molecular flexibility index (Phi) is 8.48. The lowest BCUT2D eigenvalue weighted by atomic mass is 10.0. The van der Waals surface area contributed by atoms with Gasteiger partial charge in [0.15, 0.2) is 5.83 Å². The highest BCUT2D eigenvalue weighted by atomic mass is 35.5. The monoisotopic (exact) mass is 633 g/mol. The lowest BCUT2D eigenvalue weighted by Gasteiger charge is -2.42. The zero-order valence-corrected chi connectivity index (χ0v) is 25.6. The summed E-state index contributed by atoms with van der Waals surface area (Å²) in [6.45, 7) is 5.06. The molecule has 0 aliphatic carbocycles. The van der Waals surface area contributed by atoms with Crippen LogP contribution in [0.1, 0.15) is 24.1 Å². The molecule has 3 aliphatic heterocycles. The Hall–Kier alpha value is -4.47. The first-order valence-electron chi connectivity index (χ1n) is 14.8. The van der Waals surface area contributed by atoms with E-state index in [4.69, 9.17) is 26.3 Å². The number of aromatic nitrogens is 2. The number of rotatable bonds is 7. The molecule has 4 heterocycles. The summed E-state index contributed by atoms with van der Waals surface area (Å²) in [5, 5.41) is 22.5. The summed E-state index contributed by atoms with van der Waals surface area (Å²) in [5.41, 5.74) is 2.64. The maximum Gasteiger partial charge on any atom is 0.318 e. The van der Waals surface area contributed by atoms with E-state index in [1.807, 2.05) is 41.3 Å². The number of hydrogen-bond donors (Lipinski definition) is 1. The van der Waals surface area contributed by atoms with Crippen LogP contribution in [0.2, 0.25) is 5.02 Å². The third-order valence-corrected chi connectivity index (χ3v) is 9.21. The maximum atomic E-state index is 13.8. The van der Waals surface area contributed by atoms with E-state index in [0.717, 1.165) is 27.7 Å². The predicted molar refractivity (Wildman–Crippen MR) is 167 cm³/mol. The van der Waals surface area contributed by atoms with Gasteiger partial charge in [0.25, 0.3) is 5.91 Å². The molecule has 6 rings (SSSR count). The van der Waals surface area contributed by atoms with E-state index < -0.39 is 29.9 Å². The first-order chi connectivity index (χ1) is 21.7. The second kappa shape index (κ2) is 12.5. The van der Waals surface area contributed by atoms with Gasteiger partial charge in [-0.25, -0.2) is 4.39 Å². The highest BCUT2D eigenvalue weighted by molar-refractivity contribution is 6.36. The first-order valence-corrected chi connectivity index (χ1v) is 15.2. The number of halogens is 2. The Bertz CT molecular complexity index is 1710. The fourth-order valence-corrected chi connectivity index (χ4v) is 6.77. The van der Waals surface area contributed by atoms with E-state index in [0.29, 0.717) is 36.9 Å². The van der Waals surface area contributed by atoms with E-state index in [1.165, 1.54) is 9.80 Å². The van der Waals surface area contributed by atoms with Crippen LogP contribution in [-0.2, 0) is 22.6 Å². The number of amides is 2. The lowest BCUT2D eigenvalue weighted by Crippen LogP contribution is -2.55. The molecular weight excluding hydrogens is 601 g/mol. The van der Waals surface area contributed by atoms with Gasteiger partial charge in [-0.1, -0.05) is 42.4 Å². The molecule has 3 aliphatic rings. The van der Waals surface area contributed by atoms with E-state index in [1.54, 1.807) is 7.05 Å². The molecular formula is C32H33ClFN7O4. The summed E-state index contributed by atoms with van der Waals surface area (Å²) in [5.74, 6) is -1.43. The third kappa shape index (κ3) is 5.85. The van der Waals surface area contributed by atoms with Crippen LogP contribution in [0.3, 0.4) is 0 Å². The number of likely N-dealkylation sites (tertiary alicyclic amines) is 1. The minimum Gasteiger partial charge on any atom is -0.461 e. The molecule has 1 aromatic heterocycles. The van der Waals surface area contributed by atoms with Crippen molar-refractivity contribution in [3.63, 3.8) is 0 Å². The van der Waals surface area contributed by atoms with Gasteiger partial charge in [0, 0.05) is 49.9 Å². The molecule has 234 valence electrons. The molecule has 2 fully saturated rings. The van der Waals surface area contributed by atoms with Crippen molar-refractivity contribution in [1.82, 2.24) is 19.8 Å². The molecule has 11 nitrogen and oxygen atoms in total. The Morgan fingerprint density at radius 2 is 1.98 bits per heavy atom. The van der Waals surface area contributed by atoms with E-state index >= 15 is 0 Å². The van der Waals surface area contributed by atoms with Crippen LogP contribution in [0.25, 0.3) is 10.8 Å². The Morgan fingerprint density at radius 3 is 2.69 bits per heavy atom. The van der Waals surface area contributed by atoms with Crippen LogP contribution in [0.15, 0.2) is 48.8 Å². The second-order valence-corrected chi connectivity index (χ2v) is 12.0. The fourth-order valence-electron chi connectivity index (χ4n) is 6.50. The number of ether oxygens (including phenoxy) is 1. The van der Waals surface area contributed by atoms with Crippen molar-refractivity contribution in [1.29, 1.82) is 5.26 Å². The van der Waals surface area contributed by atoms with Gasteiger partial charge in [-0.15, -0.1) is 0 Å². The summed E-state index contributed by atoms with van der Waals surface area (Å²) < 4.78 is 19.9.